The van der Waals surface area contributed by atoms with Gasteiger partial charge in [-0.2, -0.15) is 0 Å². The molecule has 0 aromatic heterocycles. The summed E-state index contributed by atoms with van der Waals surface area (Å²) in [5.41, 5.74) is 0.598. The van der Waals surface area contributed by atoms with Crippen LogP contribution in [0.15, 0.2) is 30.3 Å². The third kappa shape index (κ3) is 4.94. The van der Waals surface area contributed by atoms with E-state index in [2.05, 4.69) is 0 Å². The average molecular weight is 248 g/mol. The van der Waals surface area contributed by atoms with Crippen molar-refractivity contribution in [2.24, 2.45) is 0 Å². The summed E-state index contributed by atoms with van der Waals surface area (Å²) in [6, 6.07) is 8.50. The molecule has 6 heteroatoms. The topological polar surface area (TPSA) is 68.3 Å². The van der Waals surface area contributed by atoms with E-state index in [9.17, 15) is 16.8 Å². The fourth-order valence-corrected chi connectivity index (χ4v) is 4.84. The SMILES string of the molecule is CS(=O)(=O)CS(=O)(=O)Cc1ccccc1. The molecule has 0 aliphatic rings. The van der Waals surface area contributed by atoms with Gasteiger partial charge in [-0.25, -0.2) is 16.8 Å². The van der Waals surface area contributed by atoms with Crippen LogP contribution < -0.4 is 0 Å². The maximum Gasteiger partial charge on any atom is 0.168 e. The van der Waals surface area contributed by atoms with Crippen LogP contribution in [-0.2, 0) is 25.4 Å². The summed E-state index contributed by atoms with van der Waals surface area (Å²) in [6.45, 7) is 0. The van der Waals surface area contributed by atoms with Gasteiger partial charge < -0.3 is 0 Å². The highest BCUT2D eigenvalue weighted by molar-refractivity contribution is 8.07. The molecule has 0 fully saturated rings. The highest BCUT2D eigenvalue weighted by atomic mass is 32.3. The Morgan fingerprint density at radius 1 is 1.00 bits per heavy atom. The van der Waals surface area contributed by atoms with E-state index >= 15 is 0 Å². The van der Waals surface area contributed by atoms with Crippen molar-refractivity contribution < 1.29 is 16.8 Å². The Labute approximate surface area is 89.8 Å². The van der Waals surface area contributed by atoms with Gasteiger partial charge in [-0.15, -0.1) is 0 Å². The molecule has 0 N–H and O–H groups in total. The van der Waals surface area contributed by atoms with Gasteiger partial charge in [0.05, 0.1) is 5.75 Å². The van der Waals surface area contributed by atoms with E-state index in [4.69, 9.17) is 0 Å². The molecule has 1 aromatic carbocycles. The number of rotatable bonds is 4. The Bertz CT molecular complexity index is 514. The maximum absolute atomic E-state index is 11.4. The van der Waals surface area contributed by atoms with Gasteiger partial charge in [0, 0.05) is 6.26 Å². The van der Waals surface area contributed by atoms with E-state index in [0.717, 1.165) is 6.26 Å². The zero-order chi connectivity index (χ0) is 11.5. The third-order valence-corrected chi connectivity index (χ3v) is 5.55. The van der Waals surface area contributed by atoms with Crippen LogP contribution in [-0.4, -0.2) is 28.2 Å². The van der Waals surface area contributed by atoms with E-state index in [-0.39, 0.29) is 5.75 Å². The van der Waals surface area contributed by atoms with Crippen LogP contribution >= 0.6 is 0 Å². The van der Waals surface area contributed by atoms with Crippen LogP contribution in [0.4, 0.5) is 0 Å². The summed E-state index contributed by atoms with van der Waals surface area (Å²) >= 11 is 0. The molecule has 1 rings (SSSR count). The van der Waals surface area contributed by atoms with Gasteiger partial charge in [0.2, 0.25) is 0 Å². The molecule has 0 aliphatic carbocycles. The van der Waals surface area contributed by atoms with Crippen molar-refractivity contribution in [3.63, 3.8) is 0 Å². The van der Waals surface area contributed by atoms with Gasteiger partial charge in [0.15, 0.2) is 24.8 Å². The molecule has 0 heterocycles. The Morgan fingerprint density at radius 2 is 1.53 bits per heavy atom. The van der Waals surface area contributed by atoms with Crippen molar-refractivity contribution in [3.8, 4) is 0 Å². The second kappa shape index (κ2) is 4.32. The highest BCUT2D eigenvalue weighted by Crippen LogP contribution is 2.07. The lowest BCUT2D eigenvalue weighted by atomic mass is 10.2. The molecular formula is C9H12O4S2. The van der Waals surface area contributed by atoms with Crippen molar-refractivity contribution in [1.29, 1.82) is 0 Å². The van der Waals surface area contributed by atoms with Gasteiger partial charge in [0.25, 0.3) is 0 Å². The Balaban J connectivity index is 2.83. The Kier molecular flexibility index (Phi) is 3.51. The molecule has 0 radical (unpaired) electrons. The van der Waals surface area contributed by atoms with Gasteiger partial charge in [-0.1, -0.05) is 30.3 Å². The second-order valence-corrected chi connectivity index (χ2v) is 7.99. The van der Waals surface area contributed by atoms with Crippen LogP contribution in [0.2, 0.25) is 0 Å². The third-order valence-electron chi connectivity index (χ3n) is 1.62. The van der Waals surface area contributed by atoms with Crippen molar-refractivity contribution in [2.75, 3.05) is 11.3 Å². The second-order valence-electron chi connectivity index (χ2n) is 3.42. The first-order chi connectivity index (χ1) is 6.79. The summed E-state index contributed by atoms with van der Waals surface area (Å²) in [5, 5.41) is -0.797. The van der Waals surface area contributed by atoms with Crippen LogP contribution in [0.5, 0.6) is 0 Å². The molecule has 84 valence electrons. The molecule has 0 spiro atoms. The minimum atomic E-state index is -3.58. The fraction of sp³-hybridized carbons (Fsp3) is 0.333. The van der Waals surface area contributed by atoms with E-state index in [1.807, 2.05) is 0 Å². The van der Waals surface area contributed by atoms with Gasteiger partial charge in [0.1, 0.15) is 0 Å². The lowest BCUT2D eigenvalue weighted by Crippen LogP contribution is -2.16. The summed E-state index contributed by atoms with van der Waals surface area (Å²) in [6.07, 6.45) is 0.912. The van der Waals surface area contributed by atoms with Crippen molar-refractivity contribution in [3.05, 3.63) is 35.9 Å². The molecule has 0 atom stereocenters. The smallest absolute Gasteiger partial charge is 0.168 e. The summed E-state index contributed by atoms with van der Waals surface area (Å²) < 4.78 is 44.6. The molecule has 0 saturated heterocycles. The first-order valence-electron chi connectivity index (χ1n) is 4.21. The molecule has 0 amide bonds. The largest absolute Gasteiger partial charge is 0.228 e. The summed E-state index contributed by atoms with van der Waals surface area (Å²) in [7, 11) is -7.07. The maximum atomic E-state index is 11.4. The predicted molar refractivity (Wildman–Crippen MR) is 58.8 cm³/mol. The van der Waals surface area contributed by atoms with Crippen molar-refractivity contribution >= 4 is 19.7 Å². The average Bonchev–Trinajstić information content (AvgIpc) is 1.99. The number of hydrogen-bond acceptors (Lipinski definition) is 4. The zero-order valence-electron chi connectivity index (χ0n) is 8.25. The van der Waals surface area contributed by atoms with E-state index in [1.54, 1.807) is 30.3 Å². The van der Waals surface area contributed by atoms with E-state index < -0.39 is 24.8 Å². The normalized spacial score (nSPS) is 12.6. The molecule has 0 aliphatic heterocycles. The summed E-state index contributed by atoms with van der Waals surface area (Å²) in [5.74, 6) is -0.235. The molecule has 0 unspecified atom stereocenters. The van der Waals surface area contributed by atoms with Crippen LogP contribution in [0.25, 0.3) is 0 Å². The number of hydrogen-bond donors (Lipinski definition) is 0. The fourth-order valence-electron chi connectivity index (χ4n) is 1.20. The van der Waals surface area contributed by atoms with Gasteiger partial charge in [-0.3, -0.25) is 0 Å². The first-order valence-corrected chi connectivity index (χ1v) is 8.09. The van der Waals surface area contributed by atoms with Crippen molar-refractivity contribution in [1.82, 2.24) is 0 Å². The lowest BCUT2D eigenvalue weighted by molar-refractivity contribution is 0.591. The monoisotopic (exact) mass is 248 g/mol. The molecule has 1 aromatic rings. The van der Waals surface area contributed by atoms with Gasteiger partial charge in [-0.05, 0) is 5.56 Å². The van der Waals surface area contributed by atoms with E-state index in [1.165, 1.54) is 0 Å². The molecule has 4 nitrogen and oxygen atoms in total. The highest BCUT2D eigenvalue weighted by Gasteiger charge is 2.18. The van der Waals surface area contributed by atoms with Crippen molar-refractivity contribution in [2.45, 2.75) is 5.75 Å². The number of sulfone groups is 2. The quantitative estimate of drug-likeness (QED) is 0.782. The lowest BCUT2D eigenvalue weighted by Gasteiger charge is -2.02. The standard InChI is InChI=1S/C9H12O4S2/c1-14(10,11)8-15(12,13)7-9-5-3-2-4-6-9/h2-6H,7-8H2,1H3. The predicted octanol–water partition coefficient (Wildman–Crippen LogP) is 0.603. The van der Waals surface area contributed by atoms with Crippen LogP contribution in [0.3, 0.4) is 0 Å². The number of benzene rings is 1. The Hall–Kier alpha value is -0.880. The molecule has 0 bridgehead atoms. The molecule has 15 heavy (non-hydrogen) atoms. The summed E-state index contributed by atoms with van der Waals surface area (Å²) in [4.78, 5) is 0. The minimum Gasteiger partial charge on any atom is -0.228 e. The van der Waals surface area contributed by atoms with Crippen LogP contribution in [0.1, 0.15) is 5.56 Å². The van der Waals surface area contributed by atoms with Gasteiger partial charge >= 0.3 is 0 Å². The molecule has 0 saturated carbocycles. The zero-order valence-corrected chi connectivity index (χ0v) is 9.88. The molecular weight excluding hydrogens is 236 g/mol. The first kappa shape index (κ1) is 12.2. The van der Waals surface area contributed by atoms with Crippen LogP contribution in [0, 0.1) is 0 Å². The minimum absolute atomic E-state index is 0.235. The van der Waals surface area contributed by atoms with E-state index in [0.29, 0.717) is 5.56 Å². The Morgan fingerprint density at radius 3 is 2.00 bits per heavy atom.